The standard InChI is InChI=1S/C25H26N6O3S/c1-15(32)12-17-4-3-5-19(13-17)27-25-26-14-18-6-7-20-22(21(18)29-25)28-23(35-20)24(34)31-10-8-30(9-11-31)16(2)33/h3-5,13-14H,6-12H2,1-2H3,(H,26,27,29). The van der Waals surface area contributed by atoms with E-state index in [1.165, 1.54) is 11.3 Å². The molecule has 2 aliphatic rings. The molecule has 3 aromatic rings. The van der Waals surface area contributed by atoms with Gasteiger partial charge in [0.25, 0.3) is 5.91 Å². The van der Waals surface area contributed by atoms with Gasteiger partial charge in [-0.15, -0.1) is 11.3 Å². The zero-order chi connectivity index (χ0) is 24.5. The molecule has 1 saturated heterocycles. The first-order valence-electron chi connectivity index (χ1n) is 11.6. The van der Waals surface area contributed by atoms with Crippen molar-refractivity contribution in [1.29, 1.82) is 0 Å². The average Bonchev–Trinajstić information content (AvgIpc) is 3.28. The molecule has 1 fully saturated rings. The number of Topliss-reactive ketones (excluding diaryl/α,β-unsaturated/α-hetero) is 1. The van der Waals surface area contributed by atoms with Gasteiger partial charge in [-0.3, -0.25) is 14.4 Å². The Hall–Kier alpha value is -3.66. The van der Waals surface area contributed by atoms with E-state index in [-0.39, 0.29) is 17.6 Å². The number of fused-ring (bicyclic) bond motifs is 3. The number of hydrogen-bond acceptors (Lipinski definition) is 8. The van der Waals surface area contributed by atoms with Gasteiger partial charge in [0.1, 0.15) is 11.5 Å². The van der Waals surface area contributed by atoms with E-state index >= 15 is 0 Å². The third-order valence-corrected chi connectivity index (χ3v) is 7.34. The highest BCUT2D eigenvalue weighted by Gasteiger charge is 2.29. The lowest BCUT2D eigenvalue weighted by Gasteiger charge is -2.33. The minimum absolute atomic E-state index is 0.0353. The molecule has 1 N–H and O–H groups in total. The lowest BCUT2D eigenvalue weighted by Crippen LogP contribution is -2.50. The van der Waals surface area contributed by atoms with Gasteiger partial charge < -0.3 is 15.1 Å². The molecule has 0 radical (unpaired) electrons. The van der Waals surface area contributed by atoms with E-state index in [9.17, 15) is 14.4 Å². The second-order valence-corrected chi connectivity index (χ2v) is 9.94. The molecule has 1 aromatic carbocycles. The van der Waals surface area contributed by atoms with Crippen LogP contribution in [0.5, 0.6) is 0 Å². The Kier molecular flexibility index (Phi) is 6.29. The molecule has 0 spiro atoms. The Morgan fingerprint density at radius 1 is 1.00 bits per heavy atom. The van der Waals surface area contributed by atoms with Gasteiger partial charge in [0.2, 0.25) is 11.9 Å². The average molecular weight is 491 g/mol. The molecule has 35 heavy (non-hydrogen) atoms. The van der Waals surface area contributed by atoms with E-state index in [2.05, 4.69) is 10.3 Å². The third-order valence-electron chi connectivity index (χ3n) is 6.24. The fourth-order valence-corrected chi connectivity index (χ4v) is 5.47. The molecule has 9 nitrogen and oxygen atoms in total. The molecule has 1 aliphatic heterocycles. The SMILES string of the molecule is CC(=O)Cc1cccc(Nc2ncc3c(n2)-c2nc(C(=O)N4CCN(C(C)=O)CC4)sc2CC3)c1. The van der Waals surface area contributed by atoms with Crippen LogP contribution in [0.15, 0.2) is 30.5 Å². The maximum absolute atomic E-state index is 13.1. The monoisotopic (exact) mass is 490 g/mol. The van der Waals surface area contributed by atoms with Crippen LogP contribution < -0.4 is 5.32 Å². The lowest BCUT2D eigenvalue weighted by molar-refractivity contribution is -0.130. The Balaban J connectivity index is 1.36. The maximum atomic E-state index is 13.1. The summed E-state index contributed by atoms with van der Waals surface area (Å²) in [6.45, 7) is 5.24. The normalized spacial score (nSPS) is 14.8. The number of anilines is 2. The summed E-state index contributed by atoms with van der Waals surface area (Å²) in [6.07, 6.45) is 3.79. The van der Waals surface area contributed by atoms with E-state index in [1.54, 1.807) is 23.6 Å². The second kappa shape index (κ2) is 9.53. The number of nitrogens with zero attached hydrogens (tertiary/aromatic N) is 5. The van der Waals surface area contributed by atoms with Crippen LogP contribution in [0.4, 0.5) is 11.6 Å². The van der Waals surface area contributed by atoms with Crippen molar-refractivity contribution in [3.05, 3.63) is 51.5 Å². The summed E-state index contributed by atoms with van der Waals surface area (Å²) in [5, 5.41) is 3.69. The number of nitrogens with one attached hydrogen (secondary N) is 1. The van der Waals surface area contributed by atoms with Crippen molar-refractivity contribution in [2.45, 2.75) is 33.1 Å². The molecule has 3 heterocycles. The lowest BCUT2D eigenvalue weighted by atomic mass is 10.00. The van der Waals surface area contributed by atoms with Crippen molar-refractivity contribution < 1.29 is 14.4 Å². The Labute approximate surface area is 207 Å². The number of hydrogen-bond donors (Lipinski definition) is 1. The Morgan fingerprint density at radius 3 is 2.51 bits per heavy atom. The number of aryl methyl sites for hydroxylation is 2. The molecule has 10 heteroatoms. The van der Waals surface area contributed by atoms with Crippen molar-refractivity contribution in [2.75, 3.05) is 31.5 Å². The van der Waals surface area contributed by atoms with Crippen LogP contribution in [-0.2, 0) is 28.9 Å². The van der Waals surface area contributed by atoms with Crippen molar-refractivity contribution in [3.8, 4) is 11.4 Å². The van der Waals surface area contributed by atoms with Crippen LogP contribution in [0.25, 0.3) is 11.4 Å². The molecule has 0 saturated carbocycles. The van der Waals surface area contributed by atoms with Crippen molar-refractivity contribution in [1.82, 2.24) is 24.8 Å². The number of rotatable bonds is 5. The number of carbonyl (C=O) groups is 3. The zero-order valence-electron chi connectivity index (χ0n) is 19.7. The van der Waals surface area contributed by atoms with Crippen LogP contribution in [0, 0.1) is 0 Å². The summed E-state index contributed by atoms with van der Waals surface area (Å²) in [5.41, 5.74) is 4.24. The topological polar surface area (TPSA) is 108 Å². The number of benzene rings is 1. The van der Waals surface area contributed by atoms with Gasteiger partial charge in [0.15, 0.2) is 5.01 Å². The summed E-state index contributed by atoms with van der Waals surface area (Å²) in [7, 11) is 0. The zero-order valence-corrected chi connectivity index (χ0v) is 20.5. The fraction of sp³-hybridized carbons (Fsp3) is 0.360. The highest BCUT2D eigenvalue weighted by atomic mass is 32.1. The molecule has 2 aromatic heterocycles. The van der Waals surface area contributed by atoms with E-state index in [0.29, 0.717) is 43.6 Å². The first-order valence-corrected chi connectivity index (χ1v) is 12.4. The maximum Gasteiger partial charge on any atom is 0.282 e. The summed E-state index contributed by atoms with van der Waals surface area (Å²) in [6, 6.07) is 7.64. The van der Waals surface area contributed by atoms with Gasteiger partial charge in [-0.1, -0.05) is 12.1 Å². The molecule has 2 amide bonds. The number of amides is 2. The fourth-order valence-electron chi connectivity index (χ4n) is 4.44. The highest BCUT2D eigenvalue weighted by Crippen LogP contribution is 2.36. The molecule has 0 atom stereocenters. The largest absolute Gasteiger partial charge is 0.339 e. The van der Waals surface area contributed by atoms with Crippen LogP contribution >= 0.6 is 11.3 Å². The molecule has 1 aliphatic carbocycles. The van der Waals surface area contributed by atoms with E-state index in [0.717, 1.165) is 45.9 Å². The minimum Gasteiger partial charge on any atom is -0.339 e. The summed E-state index contributed by atoms with van der Waals surface area (Å²) < 4.78 is 0. The molecule has 180 valence electrons. The van der Waals surface area contributed by atoms with Crippen LogP contribution in [0.3, 0.4) is 0 Å². The van der Waals surface area contributed by atoms with E-state index in [1.807, 2.05) is 30.5 Å². The molecule has 0 bridgehead atoms. The van der Waals surface area contributed by atoms with Gasteiger partial charge in [-0.2, -0.15) is 0 Å². The van der Waals surface area contributed by atoms with Gasteiger partial charge in [0.05, 0.1) is 5.69 Å². The number of carbonyl (C=O) groups excluding carboxylic acids is 3. The van der Waals surface area contributed by atoms with E-state index in [4.69, 9.17) is 9.97 Å². The van der Waals surface area contributed by atoms with E-state index < -0.39 is 0 Å². The second-order valence-electron chi connectivity index (χ2n) is 8.86. The van der Waals surface area contributed by atoms with Crippen molar-refractivity contribution in [3.63, 3.8) is 0 Å². The molecular weight excluding hydrogens is 464 g/mol. The number of aromatic nitrogens is 3. The van der Waals surface area contributed by atoms with Gasteiger partial charge in [0, 0.05) is 56.3 Å². The molecule has 5 rings (SSSR count). The summed E-state index contributed by atoms with van der Waals surface area (Å²) in [5.74, 6) is 0.490. The van der Waals surface area contributed by atoms with Crippen LogP contribution in [0.1, 0.15) is 39.7 Å². The third kappa shape index (κ3) is 4.93. The summed E-state index contributed by atoms with van der Waals surface area (Å²) >= 11 is 1.43. The number of thiazole rings is 1. The predicted molar refractivity (Wildman–Crippen MR) is 133 cm³/mol. The van der Waals surface area contributed by atoms with Crippen LogP contribution in [0.2, 0.25) is 0 Å². The number of ketones is 1. The Bertz CT molecular complexity index is 1310. The predicted octanol–water partition coefficient (Wildman–Crippen LogP) is 2.88. The quantitative estimate of drug-likeness (QED) is 0.586. The first kappa shape index (κ1) is 23.1. The van der Waals surface area contributed by atoms with Crippen molar-refractivity contribution in [2.24, 2.45) is 0 Å². The van der Waals surface area contributed by atoms with Gasteiger partial charge >= 0.3 is 0 Å². The smallest absolute Gasteiger partial charge is 0.282 e. The first-order chi connectivity index (χ1) is 16.9. The Morgan fingerprint density at radius 2 is 1.77 bits per heavy atom. The summed E-state index contributed by atoms with van der Waals surface area (Å²) in [4.78, 5) is 54.7. The van der Waals surface area contributed by atoms with Crippen LogP contribution in [-0.4, -0.2) is 68.5 Å². The molecule has 0 unspecified atom stereocenters. The van der Waals surface area contributed by atoms with Crippen molar-refractivity contribution >= 4 is 40.6 Å². The highest BCUT2D eigenvalue weighted by molar-refractivity contribution is 7.14. The van der Waals surface area contributed by atoms with Gasteiger partial charge in [-0.05, 0) is 43.0 Å². The number of piperazine rings is 1. The van der Waals surface area contributed by atoms with Gasteiger partial charge in [-0.25, -0.2) is 15.0 Å². The minimum atomic E-state index is -0.0937. The molecular formula is C25H26N6O3S.